The second-order valence-corrected chi connectivity index (χ2v) is 10.8. The molecule has 0 unspecified atom stereocenters. The lowest BCUT2D eigenvalue weighted by molar-refractivity contribution is -0.260. The standard InChI is InChI=1S/C23H32O7/c1-20-6-3-16-17(23(20,29)9-5-15(20)13-10-18(25)30-12-13)4-7-21(28)11-14(24)2-8-22(16,21)19(26)27/h10,14-17,24,28-29H,2-9,11-12H2,1H3,(H,26,27)/t14-,15+,16+,17-,20+,21-,22+,23-/m0/s1. The number of cyclic esters (lactones) is 1. The molecule has 4 aliphatic carbocycles. The number of carboxylic acid groups (broad SMARTS) is 1. The first-order valence-corrected chi connectivity index (χ1v) is 11.3. The van der Waals surface area contributed by atoms with E-state index in [2.05, 4.69) is 6.92 Å². The number of carbonyl (C=O) groups is 2. The lowest BCUT2D eigenvalue weighted by Crippen LogP contribution is -2.70. The Balaban J connectivity index is 1.54. The van der Waals surface area contributed by atoms with Gasteiger partial charge >= 0.3 is 11.9 Å². The summed E-state index contributed by atoms with van der Waals surface area (Å²) in [6.07, 6.45) is 5.00. The monoisotopic (exact) mass is 420 g/mol. The third-order valence-corrected chi connectivity index (χ3v) is 9.94. The minimum atomic E-state index is -1.44. The van der Waals surface area contributed by atoms with Gasteiger partial charge in [0, 0.05) is 17.9 Å². The summed E-state index contributed by atoms with van der Waals surface area (Å²) in [7, 11) is 0. The Morgan fingerprint density at radius 1 is 1.07 bits per heavy atom. The second kappa shape index (κ2) is 6.30. The van der Waals surface area contributed by atoms with Gasteiger partial charge in [-0.3, -0.25) is 4.79 Å². The van der Waals surface area contributed by atoms with Gasteiger partial charge in [-0.2, -0.15) is 0 Å². The van der Waals surface area contributed by atoms with E-state index < -0.39 is 34.1 Å². The number of rotatable bonds is 2. The van der Waals surface area contributed by atoms with Crippen molar-refractivity contribution in [3.63, 3.8) is 0 Å². The highest BCUT2D eigenvalue weighted by molar-refractivity contribution is 5.85. The lowest BCUT2D eigenvalue weighted by Gasteiger charge is -2.65. The van der Waals surface area contributed by atoms with Gasteiger partial charge in [0.1, 0.15) is 6.61 Å². The zero-order valence-corrected chi connectivity index (χ0v) is 17.5. The summed E-state index contributed by atoms with van der Waals surface area (Å²) in [5.74, 6) is -1.82. The Hall–Kier alpha value is -1.44. The van der Waals surface area contributed by atoms with Crippen molar-refractivity contribution >= 4 is 11.9 Å². The van der Waals surface area contributed by atoms with Crippen molar-refractivity contribution in [2.24, 2.45) is 28.6 Å². The fraction of sp³-hybridized carbons (Fsp3) is 0.826. The fourth-order valence-corrected chi connectivity index (χ4v) is 8.49. The van der Waals surface area contributed by atoms with Gasteiger partial charge < -0.3 is 25.2 Å². The number of hydrogen-bond donors (Lipinski definition) is 4. The van der Waals surface area contributed by atoms with E-state index in [0.29, 0.717) is 32.1 Å². The normalized spacial score (nSPS) is 52.7. The van der Waals surface area contributed by atoms with Crippen molar-refractivity contribution in [2.75, 3.05) is 6.61 Å². The summed E-state index contributed by atoms with van der Waals surface area (Å²) in [5.41, 5.74) is -3.30. The SMILES string of the molecule is C[C@]12CC[C@@H]3[C@H](CC[C@]4(O)C[C@@H](O)CC[C@]34C(=O)O)[C@@]1(O)CC[C@@H]2C1=CC(=O)OC1. The maximum atomic E-state index is 12.7. The Morgan fingerprint density at radius 3 is 2.47 bits per heavy atom. The highest BCUT2D eigenvalue weighted by Crippen LogP contribution is 2.70. The smallest absolute Gasteiger partial charge is 0.331 e. The Bertz CT molecular complexity index is 822. The van der Waals surface area contributed by atoms with E-state index in [4.69, 9.17) is 4.74 Å². The average Bonchev–Trinajstić information content (AvgIpc) is 3.21. The maximum Gasteiger partial charge on any atom is 0.331 e. The zero-order chi connectivity index (χ0) is 21.5. The van der Waals surface area contributed by atoms with Crippen LogP contribution in [0.15, 0.2) is 11.6 Å². The molecule has 0 amide bonds. The van der Waals surface area contributed by atoms with Crippen LogP contribution in [0, 0.1) is 28.6 Å². The van der Waals surface area contributed by atoms with E-state index in [-0.39, 0.29) is 49.6 Å². The second-order valence-electron chi connectivity index (χ2n) is 10.8. The number of carboxylic acids is 1. The van der Waals surface area contributed by atoms with E-state index >= 15 is 0 Å². The summed E-state index contributed by atoms with van der Waals surface area (Å²) in [6.45, 7) is 2.36. The molecule has 1 heterocycles. The fourth-order valence-electron chi connectivity index (χ4n) is 8.49. The first-order chi connectivity index (χ1) is 14.1. The maximum absolute atomic E-state index is 12.7. The summed E-state index contributed by atoms with van der Waals surface area (Å²) >= 11 is 0. The van der Waals surface area contributed by atoms with Crippen LogP contribution in [0.3, 0.4) is 0 Å². The molecule has 4 N–H and O–H groups in total. The van der Waals surface area contributed by atoms with Crippen molar-refractivity contribution in [3.05, 3.63) is 11.6 Å². The molecule has 0 aromatic carbocycles. The number of esters is 1. The molecule has 5 rings (SSSR count). The van der Waals surface area contributed by atoms with Crippen LogP contribution in [0.1, 0.15) is 64.7 Å². The van der Waals surface area contributed by atoms with E-state index in [1.807, 2.05) is 0 Å². The number of ether oxygens (including phenoxy) is 1. The molecule has 0 aromatic rings. The summed E-state index contributed by atoms with van der Waals surface area (Å²) in [5, 5.41) is 44.1. The van der Waals surface area contributed by atoms with Crippen LogP contribution < -0.4 is 0 Å². The first-order valence-electron chi connectivity index (χ1n) is 11.3. The van der Waals surface area contributed by atoms with E-state index in [1.165, 1.54) is 0 Å². The molecule has 4 saturated carbocycles. The number of hydrogen-bond acceptors (Lipinski definition) is 6. The number of aliphatic hydroxyl groups is 3. The Morgan fingerprint density at radius 2 is 1.80 bits per heavy atom. The van der Waals surface area contributed by atoms with Gasteiger partial charge in [0.05, 0.1) is 22.7 Å². The predicted octanol–water partition coefficient (Wildman–Crippen LogP) is 1.78. The lowest BCUT2D eigenvalue weighted by atomic mass is 9.41. The van der Waals surface area contributed by atoms with Crippen LogP contribution in [0.5, 0.6) is 0 Å². The molecular weight excluding hydrogens is 388 g/mol. The van der Waals surface area contributed by atoms with Gasteiger partial charge in [-0.15, -0.1) is 0 Å². The topological polar surface area (TPSA) is 124 Å². The molecule has 5 aliphatic rings. The minimum Gasteiger partial charge on any atom is -0.481 e. The average molecular weight is 421 g/mol. The van der Waals surface area contributed by atoms with Crippen LogP contribution in [0.2, 0.25) is 0 Å². The summed E-state index contributed by atoms with van der Waals surface area (Å²) < 4.78 is 5.14. The van der Waals surface area contributed by atoms with Crippen molar-refractivity contribution in [1.82, 2.24) is 0 Å². The molecule has 7 heteroatoms. The van der Waals surface area contributed by atoms with Crippen LogP contribution >= 0.6 is 0 Å². The van der Waals surface area contributed by atoms with Gasteiger partial charge in [0.25, 0.3) is 0 Å². The highest BCUT2D eigenvalue weighted by Gasteiger charge is 2.73. The third kappa shape index (κ3) is 2.32. The predicted molar refractivity (Wildman–Crippen MR) is 105 cm³/mol. The van der Waals surface area contributed by atoms with E-state index in [9.17, 15) is 30.0 Å². The molecular formula is C23H32O7. The summed E-state index contributed by atoms with van der Waals surface area (Å²) in [6, 6.07) is 0. The molecule has 0 spiro atoms. The molecule has 0 saturated heterocycles. The number of aliphatic hydroxyl groups excluding tert-OH is 1. The molecule has 4 fully saturated rings. The molecule has 8 atom stereocenters. The van der Waals surface area contributed by atoms with Crippen molar-refractivity contribution in [3.8, 4) is 0 Å². The van der Waals surface area contributed by atoms with Crippen LogP contribution in [0.4, 0.5) is 0 Å². The highest BCUT2D eigenvalue weighted by atomic mass is 16.5. The van der Waals surface area contributed by atoms with E-state index in [0.717, 1.165) is 12.0 Å². The van der Waals surface area contributed by atoms with Crippen LogP contribution in [-0.2, 0) is 14.3 Å². The first kappa shape index (κ1) is 20.5. The molecule has 166 valence electrons. The number of carbonyl (C=O) groups excluding carboxylic acids is 1. The van der Waals surface area contributed by atoms with Crippen LogP contribution in [0.25, 0.3) is 0 Å². The molecule has 0 aromatic heterocycles. The minimum absolute atomic E-state index is 0.0460. The van der Waals surface area contributed by atoms with Gasteiger partial charge in [0.15, 0.2) is 0 Å². The van der Waals surface area contributed by atoms with Gasteiger partial charge in [-0.1, -0.05) is 6.92 Å². The number of fused-ring (bicyclic) bond motifs is 5. The van der Waals surface area contributed by atoms with Gasteiger partial charge in [-0.25, -0.2) is 4.79 Å². The molecule has 0 bridgehead atoms. The van der Waals surface area contributed by atoms with Crippen molar-refractivity contribution in [1.29, 1.82) is 0 Å². The van der Waals surface area contributed by atoms with Gasteiger partial charge in [0.2, 0.25) is 0 Å². The van der Waals surface area contributed by atoms with E-state index in [1.54, 1.807) is 6.08 Å². The third-order valence-electron chi connectivity index (χ3n) is 9.94. The quantitative estimate of drug-likeness (QED) is 0.502. The van der Waals surface area contributed by atoms with Crippen molar-refractivity contribution in [2.45, 2.75) is 82.0 Å². The summed E-state index contributed by atoms with van der Waals surface area (Å²) in [4.78, 5) is 24.3. The molecule has 7 nitrogen and oxygen atoms in total. The molecule has 30 heavy (non-hydrogen) atoms. The molecule has 0 radical (unpaired) electrons. The number of aliphatic carboxylic acids is 1. The molecule has 1 aliphatic heterocycles. The Labute approximate surface area is 176 Å². The largest absolute Gasteiger partial charge is 0.481 e. The van der Waals surface area contributed by atoms with Crippen molar-refractivity contribution < 1.29 is 34.8 Å². The zero-order valence-electron chi connectivity index (χ0n) is 17.5. The van der Waals surface area contributed by atoms with Gasteiger partial charge in [-0.05, 0) is 74.7 Å². The Kier molecular flexibility index (Phi) is 4.30. The van der Waals surface area contributed by atoms with Crippen LogP contribution in [-0.4, -0.2) is 56.3 Å².